The molecule has 208 valence electrons. The van der Waals surface area contributed by atoms with E-state index >= 15 is 0 Å². The van der Waals surface area contributed by atoms with Crippen LogP contribution in [0.1, 0.15) is 67.7 Å². The minimum Gasteiger partial charge on any atom is -0.179 e. The van der Waals surface area contributed by atoms with E-state index in [1.54, 1.807) is 23.3 Å². The van der Waals surface area contributed by atoms with E-state index in [4.69, 9.17) is 0 Å². The first-order valence-electron chi connectivity index (χ1n) is 13.1. The monoisotopic (exact) mass is 650 g/mol. The van der Waals surface area contributed by atoms with Crippen molar-refractivity contribution in [2.45, 2.75) is 58.3 Å². The number of hydrogen-bond donors (Lipinski definition) is 0. The Bertz CT molecular complexity index is 1040. The molecule has 0 N–H and O–H groups in total. The summed E-state index contributed by atoms with van der Waals surface area (Å²) in [5.41, 5.74) is 11.0. The summed E-state index contributed by atoms with van der Waals surface area (Å²) in [5.74, 6) is 0. The van der Waals surface area contributed by atoms with Crippen molar-refractivity contribution in [1.82, 2.24) is 0 Å². The van der Waals surface area contributed by atoms with Crippen LogP contribution in [0.3, 0.4) is 0 Å². The summed E-state index contributed by atoms with van der Waals surface area (Å²) in [6, 6.07) is 36.2. The van der Waals surface area contributed by atoms with Crippen LogP contribution in [0.15, 0.2) is 84.9 Å². The molecule has 0 bridgehead atoms. The third-order valence-electron chi connectivity index (χ3n) is 6.59. The van der Waals surface area contributed by atoms with Crippen molar-refractivity contribution in [3.05, 3.63) is 134 Å². The van der Waals surface area contributed by atoms with Crippen molar-refractivity contribution in [1.29, 1.82) is 0 Å². The van der Waals surface area contributed by atoms with Crippen LogP contribution >= 0.6 is 24.8 Å². The summed E-state index contributed by atoms with van der Waals surface area (Å²) in [6.07, 6.45) is 10.1. The van der Waals surface area contributed by atoms with Gasteiger partial charge < -0.3 is 14.4 Å². The molecule has 0 heterocycles. The van der Waals surface area contributed by atoms with Crippen LogP contribution < -0.4 is 0 Å². The Morgan fingerprint density at radius 1 is 0.641 bits per heavy atom. The SMILES string of the molecule is Cl.Cl.[CH2-]CCCCCCC.[CH3-].[SiH2]=[Zr].[c-]1cccc2c1Cc1ccccc1-2.[c-]1cccc2c1Cc1ccccc1-2. The molecule has 0 saturated carbocycles. The molecule has 0 saturated heterocycles. The van der Waals surface area contributed by atoms with Crippen LogP contribution in [0.4, 0.5) is 0 Å². The van der Waals surface area contributed by atoms with Crippen LogP contribution in [0, 0.1) is 26.5 Å². The smallest absolute Gasteiger partial charge is 0.0253 e. The molecule has 0 aromatic heterocycles. The molecule has 2 aliphatic rings. The van der Waals surface area contributed by atoms with Gasteiger partial charge in [-0.15, -0.1) is 35.9 Å². The molecule has 6 rings (SSSR count). The number of halogens is 2. The van der Waals surface area contributed by atoms with E-state index in [2.05, 4.69) is 98.8 Å². The number of unbranched alkanes of at least 4 members (excludes halogenated alkanes) is 5. The third kappa shape index (κ3) is 10.8. The van der Waals surface area contributed by atoms with Crippen LogP contribution in [0.2, 0.25) is 0 Å². The topological polar surface area (TPSA) is 0 Å². The first kappa shape index (κ1) is 37.6. The van der Waals surface area contributed by atoms with E-state index in [9.17, 15) is 0 Å². The second kappa shape index (κ2) is 21.3. The minimum atomic E-state index is 0. The zero-order valence-corrected chi connectivity index (χ0v) is 29.0. The molecular weight excluding hydrogens is 611 g/mol. The largest absolute Gasteiger partial charge is 0.179 e. The van der Waals surface area contributed by atoms with Crippen LogP contribution in [0.5, 0.6) is 0 Å². The molecule has 4 aromatic carbocycles. The van der Waals surface area contributed by atoms with Gasteiger partial charge in [0.05, 0.1) is 0 Å². The molecule has 0 radical (unpaired) electrons. The summed E-state index contributed by atoms with van der Waals surface area (Å²) >= 11 is 1.58. The van der Waals surface area contributed by atoms with Crippen LogP contribution in [0.25, 0.3) is 22.3 Å². The van der Waals surface area contributed by atoms with Gasteiger partial charge >= 0.3 is 30.2 Å². The number of benzene rings is 4. The molecule has 0 nitrogen and oxygen atoms in total. The maximum Gasteiger partial charge on any atom is -0.0253 e. The third-order valence-corrected chi connectivity index (χ3v) is 6.59. The summed E-state index contributed by atoms with van der Waals surface area (Å²) in [7, 11) is 0. The molecule has 0 spiro atoms. The van der Waals surface area contributed by atoms with Crippen molar-refractivity contribution in [3.8, 4) is 22.3 Å². The second-order valence-electron chi connectivity index (χ2n) is 9.06. The van der Waals surface area contributed by atoms with E-state index in [1.807, 2.05) is 19.0 Å². The average Bonchev–Trinajstić information content (AvgIpc) is 3.52. The maximum atomic E-state index is 3.78. The molecular formula is C35H42Cl2SiZr-4. The van der Waals surface area contributed by atoms with Gasteiger partial charge in [-0.2, -0.15) is 66.1 Å². The van der Waals surface area contributed by atoms with Gasteiger partial charge in [-0.3, -0.25) is 0 Å². The standard InChI is InChI=1S/2C13H9.C8H17.CH3.2ClH.H2Si.Zr/c2*1-3-7-12-10(5-1)9-11-6-2-4-8-13(11)12;1-3-5-7-8-6-4-2;;;;;/h2*1-5,7-8H,9H2;1,3-8H2,2H3;1H3;2*1H;1H2;/q4*-1;;;;. The van der Waals surface area contributed by atoms with Crippen molar-refractivity contribution >= 4 is 31.7 Å². The predicted molar refractivity (Wildman–Crippen MR) is 175 cm³/mol. The first-order chi connectivity index (χ1) is 17.8. The Morgan fingerprint density at radius 2 is 1.05 bits per heavy atom. The quantitative estimate of drug-likeness (QED) is 0.0989. The minimum absolute atomic E-state index is 0. The van der Waals surface area contributed by atoms with Gasteiger partial charge in [0.25, 0.3) is 0 Å². The van der Waals surface area contributed by atoms with Crippen molar-refractivity contribution < 1.29 is 23.3 Å². The Kier molecular flexibility index (Phi) is 20.5. The second-order valence-corrected chi connectivity index (χ2v) is 9.06. The van der Waals surface area contributed by atoms with Gasteiger partial charge in [-0.05, 0) is 12.8 Å². The van der Waals surface area contributed by atoms with Gasteiger partial charge in [0.2, 0.25) is 0 Å². The Hall–Kier alpha value is -1.44. The molecule has 0 unspecified atom stereocenters. The summed E-state index contributed by atoms with van der Waals surface area (Å²) in [4.78, 5) is 0. The van der Waals surface area contributed by atoms with Crippen molar-refractivity contribution in [3.63, 3.8) is 0 Å². The maximum absolute atomic E-state index is 3.78. The average molecular weight is 653 g/mol. The Labute approximate surface area is 267 Å². The summed E-state index contributed by atoms with van der Waals surface area (Å²) in [6.45, 7) is 7.97. The first-order valence-corrected chi connectivity index (χ1v) is 19.0. The molecule has 4 heteroatoms. The van der Waals surface area contributed by atoms with Gasteiger partial charge in [0.15, 0.2) is 0 Å². The zero-order chi connectivity index (χ0) is 25.6. The predicted octanol–water partition coefficient (Wildman–Crippen LogP) is 9.67. The van der Waals surface area contributed by atoms with Gasteiger partial charge in [-0.25, -0.2) is 0 Å². The van der Waals surface area contributed by atoms with Crippen molar-refractivity contribution in [2.75, 3.05) is 0 Å². The molecule has 0 atom stereocenters. The van der Waals surface area contributed by atoms with E-state index in [0.717, 1.165) is 19.3 Å². The number of rotatable bonds is 5. The molecule has 0 amide bonds. The fraction of sp³-hybridized carbons (Fsp3) is 0.257. The number of hydrogen-bond acceptors (Lipinski definition) is 0. The molecule has 39 heavy (non-hydrogen) atoms. The Balaban J connectivity index is 0.000000535. The normalized spacial score (nSPS) is 10.3. The van der Waals surface area contributed by atoms with Crippen LogP contribution in [-0.2, 0) is 36.2 Å². The molecule has 2 aliphatic carbocycles. The summed E-state index contributed by atoms with van der Waals surface area (Å²) in [5, 5.41) is 0. The fourth-order valence-electron chi connectivity index (χ4n) is 4.78. The van der Waals surface area contributed by atoms with Gasteiger partial charge in [0.1, 0.15) is 0 Å². The van der Waals surface area contributed by atoms with E-state index in [1.165, 1.54) is 76.6 Å². The molecule has 0 aliphatic heterocycles. The number of fused-ring (bicyclic) bond motifs is 6. The summed E-state index contributed by atoms with van der Waals surface area (Å²) < 4.78 is 0. The van der Waals surface area contributed by atoms with Gasteiger partial charge in [0, 0.05) is 0 Å². The van der Waals surface area contributed by atoms with E-state index in [0.29, 0.717) is 0 Å². The zero-order valence-electron chi connectivity index (χ0n) is 23.5. The van der Waals surface area contributed by atoms with E-state index in [-0.39, 0.29) is 32.2 Å². The molecule has 0 fully saturated rings. The van der Waals surface area contributed by atoms with Gasteiger partial charge in [-0.1, -0.05) is 110 Å². The van der Waals surface area contributed by atoms with E-state index < -0.39 is 0 Å². The van der Waals surface area contributed by atoms with Crippen LogP contribution in [-0.4, -0.2) is 6.88 Å². The van der Waals surface area contributed by atoms with Crippen molar-refractivity contribution in [2.24, 2.45) is 0 Å². The fourth-order valence-corrected chi connectivity index (χ4v) is 4.78. The molecule has 4 aromatic rings. The Morgan fingerprint density at radius 3 is 1.49 bits per heavy atom.